The van der Waals surface area contributed by atoms with Gasteiger partial charge in [0.25, 0.3) is 0 Å². The van der Waals surface area contributed by atoms with Crippen LogP contribution in [-0.4, -0.2) is 26.3 Å². The molecule has 1 fully saturated rings. The van der Waals surface area contributed by atoms with Crippen LogP contribution in [0.25, 0.3) is 0 Å². The van der Waals surface area contributed by atoms with Gasteiger partial charge in [0.1, 0.15) is 0 Å². The highest BCUT2D eigenvalue weighted by molar-refractivity contribution is 9.10. The first kappa shape index (κ1) is 11.9. The van der Waals surface area contributed by atoms with Crippen LogP contribution in [-0.2, 0) is 11.3 Å². The Balaban J connectivity index is 2.20. The lowest BCUT2D eigenvalue weighted by atomic mass is 10.2. The van der Waals surface area contributed by atoms with E-state index in [1.54, 1.807) is 0 Å². The molecule has 16 heavy (non-hydrogen) atoms. The van der Waals surface area contributed by atoms with Gasteiger partial charge < -0.3 is 15.4 Å². The Morgan fingerprint density at radius 2 is 2.12 bits per heavy atom. The van der Waals surface area contributed by atoms with Crippen LogP contribution in [0.4, 0.5) is 5.69 Å². The van der Waals surface area contributed by atoms with Crippen LogP contribution in [0.1, 0.15) is 12.0 Å². The Bertz CT molecular complexity index is 349. The summed E-state index contributed by atoms with van der Waals surface area (Å²) >= 11 is 3.53. The van der Waals surface area contributed by atoms with Crippen LogP contribution >= 0.6 is 15.9 Å². The molecule has 0 unspecified atom stereocenters. The van der Waals surface area contributed by atoms with Crippen molar-refractivity contribution >= 4 is 21.6 Å². The summed E-state index contributed by atoms with van der Waals surface area (Å²) in [5, 5.41) is 0. The normalized spacial score (nSPS) is 17.2. The fraction of sp³-hybridized carbons (Fsp3) is 0.500. The smallest absolute Gasteiger partial charge is 0.0641 e. The minimum Gasteiger partial charge on any atom is -0.380 e. The number of anilines is 1. The molecule has 0 amide bonds. The molecule has 1 aliphatic heterocycles. The molecule has 0 radical (unpaired) electrons. The van der Waals surface area contributed by atoms with Crippen LogP contribution in [0.2, 0.25) is 0 Å². The van der Waals surface area contributed by atoms with Crippen LogP contribution in [0, 0.1) is 0 Å². The predicted molar refractivity (Wildman–Crippen MR) is 69.7 cm³/mol. The van der Waals surface area contributed by atoms with Gasteiger partial charge in [0.2, 0.25) is 0 Å². The molecule has 1 aromatic carbocycles. The van der Waals surface area contributed by atoms with Crippen molar-refractivity contribution in [3.63, 3.8) is 0 Å². The van der Waals surface area contributed by atoms with Crippen molar-refractivity contribution in [2.24, 2.45) is 5.73 Å². The van der Waals surface area contributed by atoms with Crippen molar-refractivity contribution in [2.75, 3.05) is 31.2 Å². The van der Waals surface area contributed by atoms with Crippen molar-refractivity contribution in [3.05, 3.63) is 28.2 Å². The largest absolute Gasteiger partial charge is 0.380 e. The van der Waals surface area contributed by atoms with Gasteiger partial charge in [-0.05, 0) is 30.2 Å². The van der Waals surface area contributed by atoms with E-state index in [1.165, 1.54) is 5.69 Å². The summed E-state index contributed by atoms with van der Waals surface area (Å²) in [7, 11) is 0. The van der Waals surface area contributed by atoms with E-state index in [-0.39, 0.29) is 0 Å². The van der Waals surface area contributed by atoms with E-state index in [9.17, 15) is 0 Å². The van der Waals surface area contributed by atoms with Crippen molar-refractivity contribution in [1.82, 2.24) is 0 Å². The molecule has 3 nitrogen and oxygen atoms in total. The van der Waals surface area contributed by atoms with Crippen molar-refractivity contribution in [2.45, 2.75) is 13.0 Å². The molecule has 1 heterocycles. The molecule has 0 bridgehead atoms. The van der Waals surface area contributed by atoms with E-state index < -0.39 is 0 Å². The third-order valence-corrected chi connectivity index (χ3v) is 3.22. The zero-order valence-corrected chi connectivity index (χ0v) is 10.9. The molecule has 0 spiro atoms. The lowest BCUT2D eigenvalue weighted by Gasteiger charge is -2.22. The summed E-state index contributed by atoms with van der Waals surface area (Å²) in [4.78, 5) is 2.36. The van der Waals surface area contributed by atoms with Crippen LogP contribution in [0.3, 0.4) is 0 Å². The molecule has 0 aliphatic carbocycles. The number of rotatable bonds is 2. The minimum atomic E-state index is 0.580. The lowest BCUT2D eigenvalue weighted by Crippen LogP contribution is -2.26. The molecule has 88 valence electrons. The standard InChI is InChI=1S/C12H17BrN2O/c13-11-6-10(9-14)7-12(8-11)15-2-1-4-16-5-3-15/h6-8H,1-5,9,14H2. The highest BCUT2D eigenvalue weighted by Gasteiger charge is 2.11. The van der Waals surface area contributed by atoms with Crippen LogP contribution in [0.15, 0.2) is 22.7 Å². The fourth-order valence-corrected chi connectivity index (χ4v) is 2.47. The van der Waals surface area contributed by atoms with E-state index in [0.717, 1.165) is 42.8 Å². The second-order valence-corrected chi connectivity index (χ2v) is 4.89. The van der Waals surface area contributed by atoms with Crippen LogP contribution in [0.5, 0.6) is 0 Å². The Kier molecular flexibility index (Phi) is 4.21. The topological polar surface area (TPSA) is 38.5 Å². The van der Waals surface area contributed by atoms with E-state index in [2.05, 4.69) is 39.0 Å². The molecule has 0 atom stereocenters. The maximum absolute atomic E-state index is 5.68. The third kappa shape index (κ3) is 2.97. The number of hydrogen-bond acceptors (Lipinski definition) is 3. The minimum absolute atomic E-state index is 0.580. The van der Waals surface area contributed by atoms with Gasteiger partial charge in [0, 0.05) is 36.4 Å². The maximum atomic E-state index is 5.68. The molecule has 2 rings (SSSR count). The van der Waals surface area contributed by atoms with E-state index in [1.807, 2.05) is 0 Å². The molecule has 1 saturated heterocycles. The van der Waals surface area contributed by atoms with Gasteiger partial charge in [0.15, 0.2) is 0 Å². The van der Waals surface area contributed by atoms with Gasteiger partial charge >= 0.3 is 0 Å². The Morgan fingerprint density at radius 3 is 2.94 bits per heavy atom. The van der Waals surface area contributed by atoms with E-state index in [0.29, 0.717) is 6.54 Å². The first-order valence-corrected chi connectivity index (χ1v) is 6.41. The fourth-order valence-electron chi connectivity index (χ4n) is 1.94. The molecule has 2 N–H and O–H groups in total. The summed E-state index contributed by atoms with van der Waals surface area (Å²) in [5.74, 6) is 0. The highest BCUT2D eigenvalue weighted by atomic mass is 79.9. The summed E-state index contributed by atoms with van der Waals surface area (Å²) in [6.07, 6.45) is 1.09. The van der Waals surface area contributed by atoms with E-state index >= 15 is 0 Å². The molecular weight excluding hydrogens is 268 g/mol. The average Bonchev–Trinajstić information content (AvgIpc) is 2.56. The SMILES string of the molecule is NCc1cc(Br)cc(N2CCCOCC2)c1. The van der Waals surface area contributed by atoms with Gasteiger partial charge in [-0.2, -0.15) is 0 Å². The Morgan fingerprint density at radius 1 is 1.25 bits per heavy atom. The molecule has 0 saturated carbocycles. The summed E-state index contributed by atoms with van der Waals surface area (Å²) in [6.45, 7) is 4.27. The Labute approximate surface area is 105 Å². The quantitative estimate of drug-likeness (QED) is 0.904. The number of ether oxygens (including phenoxy) is 1. The van der Waals surface area contributed by atoms with E-state index in [4.69, 9.17) is 10.5 Å². The monoisotopic (exact) mass is 284 g/mol. The molecule has 4 heteroatoms. The lowest BCUT2D eigenvalue weighted by molar-refractivity contribution is 0.152. The van der Waals surface area contributed by atoms with Gasteiger partial charge in [-0.3, -0.25) is 0 Å². The van der Waals surface area contributed by atoms with Crippen molar-refractivity contribution < 1.29 is 4.74 Å². The van der Waals surface area contributed by atoms with Crippen molar-refractivity contribution in [3.8, 4) is 0 Å². The number of halogens is 1. The van der Waals surface area contributed by atoms with Crippen LogP contribution < -0.4 is 10.6 Å². The molecule has 1 aromatic rings. The maximum Gasteiger partial charge on any atom is 0.0641 e. The molecular formula is C12H17BrN2O. The molecule has 0 aromatic heterocycles. The van der Waals surface area contributed by atoms with Gasteiger partial charge in [-0.25, -0.2) is 0 Å². The zero-order chi connectivity index (χ0) is 11.4. The highest BCUT2D eigenvalue weighted by Crippen LogP contribution is 2.23. The Hall–Kier alpha value is -0.580. The first-order chi connectivity index (χ1) is 7.79. The zero-order valence-electron chi connectivity index (χ0n) is 9.29. The van der Waals surface area contributed by atoms with Gasteiger partial charge in [-0.15, -0.1) is 0 Å². The number of hydrogen-bond donors (Lipinski definition) is 1. The first-order valence-electron chi connectivity index (χ1n) is 5.62. The summed E-state index contributed by atoms with van der Waals surface area (Å²) in [6, 6.07) is 6.37. The predicted octanol–water partition coefficient (Wildman–Crippen LogP) is 2.13. The number of benzene rings is 1. The average molecular weight is 285 g/mol. The third-order valence-electron chi connectivity index (χ3n) is 2.77. The van der Waals surface area contributed by atoms with Crippen molar-refractivity contribution in [1.29, 1.82) is 0 Å². The van der Waals surface area contributed by atoms with Gasteiger partial charge in [0.05, 0.1) is 6.61 Å². The summed E-state index contributed by atoms with van der Waals surface area (Å²) < 4.78 is 6.55. The second kappa shape index (κ2) is 5.66. The molecule has 1 aliphatic rings. The number of nitrogens with two attached hydrogens (primary N) is 1. The van der Waals surface area contributed by atoms with Gasteiger partial charge in [-0.1, -0.05) is 15.9 Å². The number of nitrogens with zero attached hydrogens (tertiary/aromatic N) is 1. The summed E-state index contributed by atoms with van der Waals surface area (Å²) in [5.41, 5.74) is 8.08. The second-order valence-electron chi connectivity index (χ2n) is 3.97.